The van der Waals surface area contributed by atoms with Gasteiger partial charge in [0, 0.05) is 17.4 Å². The Morgan fingerprint density at radius 3 is 2.22 bits per heavy atom. The lowest BCUT2D eigenvalue weighted by Gasteiger charge is -2.41. The number of hydrogen-bond donors (Lipinski definition) is 1. The monoisotopic (exact) mass is 254 g/mol. The Bertz CT molecular complexity index is 388. The summed E-state index contributed by atoms with van der Waals surface area (Å²) in [6.45, 7) is 1.87. The van der Waals surface area contributed by atoms with Crippen molar-refractivity contribution >= 4 is 0 Å². The van der Waals surface area contributed by atoms with Gasteiger partial charge in [-0.3, -0.25) is 0 Å². The van der Waals surface area contributed by atoms with Crippen LogP contribution >= 0.6 is 0 Å². The van der Waals surface area contributed by atoms with Crippen LogP contribution in [0.25, 0.3) is 0 Å². The Morgan fingerprint density at radius 1 is 1.22 bits per heavy atom. The summed E-state index contributed by atoms with van der Waals surface area (Å²) in [5, 5.41) is 9.46. The molecule has 0 aliphatic heterocycles. The maximum absolute atomic E-state index is 13.7. The number of benzene rings is 1. The van der Waals surface area contributed by atoms with E-state index in [9.17, 15) is 13.9 Å². The zero-order chi connectivity index (χ0) is 13.2. The van der Waals surface area contributed by atoms with E-state index in [4.69, 9.17) is 0 Å². The maximum atomic E-state index is 13.7. The summed E-state index contributed by atoms with van der Waals surface area (Å²) in [5.41, 5.74) is 0.909. The molecule has 3 heteroatoms. The van der Waals surface area contributed by atoms with Gasteiger partial charge in [0.15, 0.2) is 0 Å². The zero-order valence-electron chi connectivity index (χ0n) is 10.8. The first-order chi connectivity index (χ1) is 8.54. The number of hydrogen-bond acceptors (Lipinski definition) is 1. The minimum Gasteiger partial charge on any atom is -0.395 e. The fourth-order valence-electron chi connectivity index (χ4n) is 2.67. The minimum absolute atomic E-state index is 0.0838. The largest absolute Gasteiger partial charge is 0.395 e. The van der Waals surface area contributed by atoms with Crippen LogP contribution in [0.5, 0.6) is 0 Å². The minimum atomic E-state index is -2.74. The van der Waals surface area contributed by atoms with Gasteiger partial charge in [0.05, 0.1) is 6.61 Å². The predicted molar refractivity (Wildman–Crippen MR) is 67.9 cm³/mol. The highest BCUT2D eigenvalue weighted by Gasteiger charge is 2.38. The van der Waals surface area contributed by atoms with Crippen LogP contribution in [0.3, 0.4) is 0 Å². The molecule has 0 amide bonds. The predicted octanol–water partition coefficient (Wildman–Crippen LogP) is 3.99. The first-order valence-electron chi connectivity index (χ1n) is 6.64. The number of halogens is 2. The third-order valence-corrected chi connectivity index (χ3v) is 4.10. The SMILES string of the molecule is CCCC(F)(F)c1ccc(C2(CO)CCC2)cc1. The van der Waals surface area contributed by atoms with Crippen LogP contribution in [-0.4, -0.2) is 11.7 Å². The molecule has 0 atom stereocenters. The lowest BCUT2D eigenvalue weighted by Crippen LogP contribution is -2.37. The lowest BCUT2D eigenvalue weighted by atomic mass is 9.65. The van der Waals surface area contributed by atoms with Crippen molar-refractivity contribution in [2.45, 2.75) is 50.4 Å². The van der Waals surface area contributed by atoms with E-state index in [0.29, 0.717) is 6.42 Å². The van der Waals surface area contributed by atoms with Crippen LogP contribution in [-0.2, 0) is 11.3 Å². The topological polar surface area (TPSA) is 20.2 Å². The number of alkyl halides is 2. The van der Waals surface area contributed by atoms with E-state index < -0.39 is 5.92 Å². The lowest BCUT2D eigenvalue weighted by molar-refractivity contribution is -0.0140. The molecule has 2 rings (SSSR count). The van der Waals surface area contributed by atoms with Crippen molar-refractivity contribution in [3.8, 4) is 0 Å². The van der Waals surface area contributed by atoms with Gasteiger partial charge < -0.3 is 5.11 Å². The zero-order valence-corrected chi connectivity index (χ0v) is 10.8. The van der Waals surface area contributed by atoms with Crippen LogP contribution in [0, 0.1) is 0 Å². The first kappa shape index (κ1) is 13.5. The molecule has 0 aromatic heterocycles. The molecular formula is C15H20F2O. The summed E-state index contributed by atoms with van der Waals surface area (Å²) in [7, 11) is 0. The van der Waals surface area contributed by atoms with E-state index in [1.54, 1.807) is 19.1 Å². The van der Waals surface area contributed by atoms with E-state index in [-0.39, 0.29) is 24.0 Å². The molecule has 1 N–H and O–H groups in total. The number of aliphatic hydroxyl groups excluding tert-OH is 1. The first-order valence-corrected chi connectivity index (χ1v) is 6.64. The number of aliphatic hydroxyl groups is 1. The molecule has 0 saturated heterocycles. The van der Waals surface area contributed by atoms with Crippen molar-refractivity contribution in [1.29, 1.82) is 0 Å². The molecule has 1 aromatic rings. The molecule has 1 saturated carbocycles. The Balaban J connectivity index is 2.20. The summed E-state index contributed by atoms with van der Waals surface area (Å²) in [4.78, 5) is 0. The van der Waals surface area contributed by atoms with E-state index in [1.807, 2.05) is 0 Å². The quantitative estimate of drug-likeness (QED) is 0.842. The van der Waals surface area contributed by atoms with Crippen molar-refractivity contribution in [3.63, 3.8) is 0 Å². The fraction of sp³-hybridized carbons (Fsp3) is 0.600. The molecule has 0 heterocycles. The highest BCUT2D eigenvalue weighted by Crippen LogP contribution is 2.44. The van der Waals surface area contributed by atoms with Crippen molar-refractivity contribution < 1.29 is 13.9 Å². The molecule has 1 aromatic carbocycles. The summed E-state index contributed by atoms with van der Waals surface area (Å²) in [5.74, 6) is -2.74. The van der Waals surface area contributed by atoms with Gasteiger partial charge in [0.2, 0.25) is 0 Å². The average molecular weight is 254 g/mol. The molecule has 1 aliphatic carbocycles. The van der Waals surface area contributed by atoms with Crippen LogP contribution in [0.15, 0.2) is 24.3 Å². The standard InChI is InChI=1S/C15H20F2O/c1-2-8-15(16,17)13-6-4-12(5-7-13)14(11-18)9-3-10-14/h4-7,18H,2-3,8-11H2,1H3. The number of rotatable bonds is 5. The molecule has 0 unspecified atom stereocenters. The molecule has 1 nitrogen and oxygen atoms in total. The van der Waals surface area contributed by atoms with Gasteiger partial charge in [0.1, 0.15) is 0 Å². The molecule has 1 aliphatic rings. The second-order valence-electron chi connectivity index (χ2n) is 5.32. The fourth-order valence-corrected chi connectivity index (χ4v) is 2.67. The highest BCUT2D eigenvalue weighted by molar-refractivity contribution is 5.33. The summed E-state index contributed by atoms with van der Waals surface area (Å²) in [6, 6.07) is 6.55. The van der Waals surface area contributed by atoms with Crippen LogP contribution in [0.2, 0.25) is 0 Å². The molecule has 1 fully saturated rings. The van der Waals surface area contributed by atoms with Gasteiger partial charge in [-0.1, -0.05) is 44.0 Å². The molecule has 100 valence electrons. The van der Waals surface area contributed by atoms with E-state index in [0.717, 1.165) is 24.8 Å². The molecule has 0 bridgehead atoms. The smallest absolute Gasteiger partial charge is 0.273 e. The maximum Gasteiger partial charge on any atom is 0.273 e. The van der Waals surface area contributed by atoms with Crippen LogP contribution < -0.4 is 0 Å². The highest BCUT2D eigenvalue weighted by atomic mass is 19.3. The Labute approximate surface area is 107 Å². The van der Waals surface area contributed by atoms with E-state index in [1.165, 1.54) is 12.1 Å². The Morgan fingerprint density at radius 2 is 1.83 bits per heavy atom. The Kier molecular flexibility index (Phi) is 3.71. The van der Waals surface area contributed by atoms with Crippen molar-refractivity contribution in [2.75, 3.05) is 6.61 Å². The van der Waals surface area contributed by atoms with Gasteiger partial charge in [-0.25, -0.2) is 8.78 Å². The van der Waals surface area contributed by atoms with Crippen LogP contribution in [0.4, 0.5) is 8.78 Å². The molecular weight excluding hydrogens is 234 g/mol. The van der Waals surface area contributed by atoms with Gasteiger partial charge in [-0.2, -0.15) is 0 Å². The molecule has 0 spiro atoms. The average Bonchev–Trinajstić information content (AvgIpc) is 2.29. The Hall–Kier alpha value is -0.960. The van der Waals surface area contributed by atoms with Crippen LogP contribution in [0.1, 0.15) is 50.2 Å². The van der Waals surface area contributed by atoms with Gasteiger partial charge in [-0.15, -0.1) is 0 Å². The summed E-state index contributed by atoms with van der Waals surface area (Å²) < 4.78 is 27.4. The van der Waals surface area contributed by atoms with E-state index >= 15 is 0 Å². The third kappa shape index (κ3) is 2.28. The van der Waals surface area contributed by atoms with Crippen molar-refractivity contribution in [1.82, 2.24) is 0 Å². The molecule has 18 heavy (non-hydrogen) atoms. The van der Waals surface area contributed by atoms with Crippen molar-refractivity contribution in [3.05, 3.63) is 35.4 Å². The molecule has 0 radical (unpaired) electrons. The van der Waals surface area contributed by atoms with E-state index in [2.05, 4.69) is 0 Å². The summed E-state index contributed by atoms with van der Waals surface area (Å²) in [6.07, 6.45) is 3.36. The summed E-state index contributed by atoms with van der Waals surface area (Å²) >= 11 is 0. The normalized spacial score (nSPS) is 18.4. The van der Waals surface area contributed by atoms with Gasteiger partial charge in [-0.05, 0) is 18.4 Å². The van der Waals surface area contributed by atoms with Crippen molar-refractivity contribution in [2.24, 2.45) is 0 Å². The van der Waals surface area contributed by atoms with Gasteiger partial charge in [0.25, 0.3) is 5.92 Å². The second-order valence-corrected chi connectivity index (χ2v) is 5.32. The van der Waals surface area contributed by atoms with Gasteiger partial charge >= 0.3 is 0 Å². The third-order valence-electron chi connectivity index (χ3n) is 4.10. The second kappa shape index (κ2) is 4.96.